The number of hydrogen-bond donors (Lipinski definition) is 0. The molecule has 1 atom stereocenters. The van der Waals surface area contributed by atoms with Crippen LogP contribution in [-0.2, 0) is 16.0 Å². The lowest BCUT2D eigenvalue weighted by Gasteiger charge is -2.31. The van der Waals surface area contributed by atoms with Gasteiger partial charge >= 0.3 is 0 Å². The Kier molecular flexibility index (Phi) is 5.07. The second-order valence-electron chi connectivity index (χ2n) is 5.91. The smallest absolute Gasteiger partial charge is 0.247 e. The molecule has 1 fully saturated rings. The molecule has 23 heavy (non-hydrogen) atoms. The second kappa shape index (κ2) is 7.23. The van der Waals surface area contributed by atoms with Crippen molar-refractivity contribution >= 4 is 17.2 Å². The molecule has 7 heteroatoms. The van der Waals surface area contributed by atoms with Crippen LogP contribution < -0.4 is 0 Å². The van der Waals surface area contributed by atoms with Crippen molar-refractivity contribution in [3.8, 4) is 0 Å². The molecule has 1 saturated heterocycles. The zero-order valence-corrected chi connectivity index (χ0v) is 14.2. The van der Waals surface area contributed by atoms with E-state index in [2.05, 4.69) is 16.3 Å². The third-order valence-corrected chi connectivity index (χ3v) is 4.75. The fraction of sp³-hybridized carbons (Fsp3) is 0.562. The lowest BCUT2D eigenvalue weighted by Crippen LogP contribution is -2.42. The van der Waals surface area contributed by atoms with E-state index < -0.39 is 0 Å². The normalized spacial score (nSPS) is 18.6. The third kappa shape index (κ3) is 3.97. The first-order chi connectivity index (χ1) is 11.1. The Morgan fingerprint density at radius 2 is 2.35 bits per heavy atom. The number of rotatable bonds is 5. The van der Waals surface area contributed by atoms with E-state index in [0.29, 0.717) is 37.9 Å². The minimum Gasteiger partial charge on any atom is -0.422 e. The third-order valence-electron chi connectivity index (χ3n) is 3.81. The van der Waals surface area contributed by atoms with Gasteiger partial charge in [0.2, 0.25) is 17.7 Å². The molecule has 0 saturated carbocycles. The maximum absolute atomic E-state index is 12.4. The average Bonchev–Trinajstić information content (AvgIpc) is 3.24. The number of hydrogen-bond acceptors (Lipinski definition) is 6. The average molecular weight is 335 g/mol. The number of carbonyl (C=O) groups excluding carboxylic acids is 1. The van der Waals surface area contributed by atoms with E-state index in [-0.39, 0.29) is 17.9 Å². The van der Waals surface area contributed by atoms with Crippen molar-refractivity contribution in [1.82, 2.24) is 15.1 Å². The largest absolute Gasteiger partial charge is 0.422 e. The van der Waals surface area contributed by atoms with Crippen LogP contribution in [0.3, 0.4) is 0 Å². The van der Waals surface area contributed by atoms with Gasteiger partial charge in [-0.2, -0.15) is 0 Å². The molecule has 2 aromatic rings. The summed E-state index contributed by atoms with van der Waals surface area (Å²) in [5.74, 6) is 1.40. The first kappa shape index (κ1) is 16.1. The van der Waals surface area contributed by atoms with Crippen LogP contribution in [0.15, 0.2) is 21.9 Å². The minimum absolute atomic E-state index is 0.148. The highest BCUT2D eigenvalue weighted by Gasteiger charge is 2.29. The maximum atomic E-state index is 12.4. The lowest BCUT2D eigenvalue weighted by atomic mass is 10.2. The number of aromatic nitrogens is 2. The lowest BCUT2D eigenvalue weighted by molar-refractivity contribution is -0.139. The number of aryl methyl sites for hydroxylation is 1. The number of carbonyl (C=O) groups is 1. The molecule has 1 aliphatic heterocycles. The van der Waals surface area contributed by atoms with E-state index in [4.69, 9.17) is 9.15 Å². The van der Waals surface area contributed by atoms with E-state index in [0.717, 1.165) is 6.42 Å². The van der Waals surface area contributed by atoms with Gasteiger partial charge in [-0.15, -0.1) is 21.5 Å². The van der Waals surface area contributed by atoms with Crippen LogP contribution in [0.2, 0.25) is 0 Å². The Morgan fingerprint density at radius 1 is 1.48 bits per heavy atom. The molecule has 0 unspecified atom stereocenters. The number of ether oxygens (including phenoxy) is 1. The van der Waals surface area contributed by atoms with E-state index in [1.807, 2.05) is 30.2 Å². The molecule has 0 bridgehead atoms. The second-order valence-corrected chi connectivity index (χ2v) is 6.94. The van der Waals surface area contributed by atoms with Crippen molar-refractivity contribution < 1.29 is 13.9 Å². The molecule has 2 aromatic heterocycles. The summed E-state index contributed by atoms with van der Waals surface area (Å²) in [5, 5.41) is 10.1. The maximum Gasteiger partial charge on any atom is 0.247 e. The fourth-order valence-electron chi connectivity index (χ4n) is 2.48. The van der Waals surface area contributed by atoms with Gasteiger partial charge < -0.3 is 14.1 Å². The molecule has 0 N–H and O–H groups in total. The van der Waals surface area contributed by atoms with Crippen molar-refractivity contribution in [2.24, 2.45) is 0 Å². The van der Waals surface area contributed by atoms with Crippen molar-refractivity contribution in [2.45, 2.75) is 38.7 Å². The molecule has 3 rings (SSSR count). The van der Waals surface area contributed by atoms with Gasteiger partial charge in [-0.25, -0.2) is 0 Å². The summed E-state index contributed by atoms with van der Waals surface area (Å²) < 4.78 is 11.3. The van der Waals surface area contributed by atoms with Gasteiger partial charge in [0, 0.05) is 23.8 Å². The molecular formula is C16H21N3O3S. The van der Waals surface area contributed by atoms with Gasteiger partial charge in [0.1, 0.15) is 0 Å². The Bertz CT molecular complexity index is 639. The van der Waals surface area contributed by atoms with E-state index in [1.165, 1.54) is 4.88 Å². The number of thiophene rings is 1. The fourth-order valence-corrected chi connectivity index (χ4v) is 3.19. The molecule has 0 aliphatic carbocycles. The molecule has 0 radical (unpaired) electrons. The number of amides is 1. The molecule has 1 amide bonds. The molecule has 6 nitrogen and oxygen atoms in total. The zero-order chi connectivity index (χ0) is 16.2. The first-order valence-electron chi connectivity index (χ1n) is 7.88. The zero-order valence-electron chi connectivity index (χ0n) is 13.4. The molecular weight excluding hydrogens is 314 g/mol. The summed E-state index contributed by atoms with van der Waals surface area (Å²) in [4.78, 5) is 15.5. The highest BCUT2D eigenvalue weighted by atomic mass is 32.1. The summed E-state index contributed by atoms with van der Waals surface area (Å²) in [7, 11) is 0. The van der Waals surface area contributed by atoms with Crippen molar-refractivity contribution in [3.63, 3.8) is 0 Å². The molecule has 0 aromatic carbocycles. The summed E-state index contributed by atoms with van der Waals surface area (Å²) in [6, 6.07) is 4.07. The Labute approximate surface area is 139 Å². The molecule has 0 spiro atoms. The Morgan fingerprint density at radius 3 is 3.04 bits per heavy atom. The van der Waals surface area contributed by atoms with Crippen molar-refractivity contribution in [3.05, 3.63) is 34.2 Å². The monoisotopic (exact) mass is 335 g/mol. The van der Waals surface area contributed by atoms with Gasteiger partial charge in [0.25, 0.3) is 0 Å². The summed E-state index contributed by atoms with van der Waals surface area (Å²) >= 11 is 1.69. The quantitative estimate of drug-likeness (QED) is 0.840. The van der Waals surface area contributed by atoms with Crippen LogP contribution >= 0.6 is 11.3 Å². The Hall–Kier alpha value is -1.73. The van der Waals surface area contributed by atoms with Crippen LogP contribution in [0, 0.1) is 0 Å². The van der Waals surface area contributed by atoms with Crippen LogP contribution in [0.4, 0.5) is 0 Å². The standard InChI is InChI=1S/C16H21N3O3S/c1-11(2)15-17-18-16(22-15)13-10-19(7-8-21-13)14(20)6-5-12-4-3-9-23-12/h3-4,9,11,13H,5-8,10H2,1-2H3/t13-/m0/s1. The van der Waals surface area contributed by atoms with Crippen molar-refractivity contribution in [2.75, 3.05) is 19.7 Å². The minimum atomic E-state index is -0.325. The van der Waals surface area contributed by atoms with Gasteiger partial charge in [0.05, 0.1) is 13.2 Å². The van der Waals surface area contributed by atoms with Gasteiger partial charge in [-0.1, -0.05) is 19.9 Å². The molecule has 3 heterocycles. The van der Waals surface area contributed by atoms with E-state index in [1.54, 1.807) is 11.3 Å². The predicted octanol–water partition coefficient (Wildman–Crippen LogP) is 2.79. The molecule has 1 aliphatic rings. The number of nitrogens with zero attached hydrogens (tertiary/aromatic N) is 3. The van der Waals surface area contributed by atoms with Crippen molar-refractivity contribution in [1.29, 1.82) is 0 Å². The Balaban J connectivity index is 1.57. The first-order valence-corrected chi connectivity index (χ1v) is 8.76. The highest BCUT2D eigenvalue weighted by Crippen LogP contribution is 2.24. The summed E-state index contributed by atoms with van der Waals surface area (Å²) in [5.41, 5.74) is 0. The van der Waals surface area contributed by atoms with Crippen LogP contribution in [0.5, 0.6) is 0 Å². The highest BCUT2D eigenvalue weighted by molar-refractivity contribution is 7.09. The topological polar surface area (TPSA) is 68.5 Å². The van der Waals surface area contributed by atoms with Gasteiger partial charge in [0.15, 0.2) is 6.10 Å². The van der Waals surface area contributed by atoms with Crippen LogP contribution in [0.25, 0.3) is 0 Å². The molecule has 124 valence electrons. The SMILES string of the molecule is CC(C)c1nnc([C@@H]2CN(C(=O)CCc3cccs3)CCO2)o1. The van der Waals surface area contributed by atoms with E-state index in [9.17, 15) is 4.79 Å². The van der Waals surface area contributed by atoms with E-state index >= 15 is 0 Å². The number of morpholine rings is 1. The van der Waals surface area contributed by atoms with Crippen LogP contribution in [-0.4, -0.2) is 40.7 Å². The van der Waals surface area contributed by atoms with Gasteiger partial charge in [-0.3, -0.25) is 4.79 Å². The predicted molar refractivity (Wildman–Crippen MR) is 86.3 cm³/mol. The summed E-state index contributed by atoms with van der Waals surface area (Å²) in [6.07, 6.45) is 0.986. The summed E-state index contributed by atoms with van der Waals surface area (Å²) in [6.45, 7) is 5.58. The van der Waals surface area contributed by atoms with Gasteiger partial charge in [-0.05, 0) is 17.9 Å². The van der Waals surface area contributed by atoms with Crippen LogP contribution in [0.1, 0.15) is 48.9 Å².